The molecule has 1 nitrogen and oxygen atoms in total. The fourth-order valence-electron chi connectivity index (χ4n) is 2.69. The minimum Gasteiger partial charge on any atom is -0.330 e. The van der Waals surface area contributed by atoms with Crippen molar-refractivity contribution in [2.45, 2.75) is 40.5 Å². The highest BCUT2D eigenvalue weighted by atomic mass is 14.6. The number of hydrogen-bond donors (Lipinski definition) is 1. The molecule has 1 heteroatoms. The van der Waals surface area contributed by atoms with Crippen LogP contribution in [0.4, 0.5) is 0 Å². The predicted octanol–water partition coefficient (Wildman–Crippen LogP) is 2.41. The summed E-state index contributed by atoms with van der Waals surface area (Å²) in [5, 5.41) is 0. The van der Waals surface area contributed by atoms with Gasteiger partial charge >= 0.3 is 0 Å². The molecule has 0 aromatic rings. The van der Waals surface area contributed by atoms with Gasteiger partial charge in [0.05, 0.1) is 0 Å². The molecule has 11 heavy (non-hydrogen) atoms. The molecule has 2 atom stereocenters. The lowest BCUT2D eigenvalue weighted by atomic mass is 9.80. The summed E-state index contributed by atoms with van der Waals surface area (Å²) in [6.07, 6.45) is 2.62. The van der Waals surface area contributed by atoms with E-state index in [2.05, 4.69) is 27.7 Å². The second-order valence-electron chi connectivity index (χ2n) is 5.30. The van der Waals surface area contributed by atoms with Gasteiger partial charge in [0.1, 0.15) is 0 Å². The second kappa shape index (κ2) is 2.48. The molecule has 0 spiro atoms. The van der Waals surface area contributed by atoms with Crippen molar-refractivity contribution in [3.05, 3.63) is 0 Å². The summed E-state index contributed by atoms with van der Waals surface area (Å²) in [4.78, 5) is 0. The molecule has 2 N–H and O–H groups in total. The fourth-order valence-corrected chi connectivity index (χ4v) is 2.69. The van der Waals surface area contributed by atoms with Crippen LogP contribution in [0.1, 0.15) is 40.5 Å². The molecule has 66 valence electrons. The minimum atomic E-state index is 0.406. The van der Waals surface area contributed by atoms with Gasteiger partial charge in [-0.05, 0) is 36.1 Å². The van der Waals surface area contributed by atoms with Gasteiger partial charge < -0.3 is 5.73 Å². The number of hydrogen-bond acceptors (Lipinski definition) is 1. The molecule has 0 amide bonds. The number of rotatable bonds is 1. The van der Waals surface area contributed by atoms with Gasteiger partial charge in [-0.3, -0.25) is 0 Å². The summed E-state index contributed by atoms with van der Waals surface area (Å²) >= 11 is 0. The maximum Gasteiger partial charge on any atom is -0.00204 e. The Kier molecular flexibility index (Phi) is 2.04. The molecular weight excluding hydrogens is 134 g/mol. The Balaban J connectivity index is 2.73. The Morgan fingerprint density at radius 1 is 1.36 bits per heavy atom. The molecule has 1 rings (SSSR count). The normalized spacial score (nSPS) is 42.8. The maximum absolute atomic E-state index is 5.78. The minimum absolute atomic E-state index is 0.406. The highest BCUT2D eigenvalue weighted by molar-refractivity contribution is 4.95. The van der Waals surface area contributed by atoms with E-state index in [1.807, 2.05) is 0 Å². The van der Waals surface area contributed by atoms with E-state index in [1.54, 1.807) is 0 Å². The van der Waals surface area contributed by atoms with E-state index in [0.29, 0.717) is 10.8 Å². The standard InChI is InChI=1S/C10H21N/c1-8-5-9(2,3)6-10(8,4)7-11/h8H,5-7,11H2,1-4H3. The lowest BCUT2D eigenvalue weighted by Crippen LogP contribution is -2.29. The first-order valence-corrected chi connectivity index (χ1v) is 4.60. The highest BCUT2D eigenvalue weighted by Crippen LogP contribution is 2.51. The van der Waals surface area contributed by atoms with E-state index in [-0.39, 0.29) is 0 Å². The van der Waals surface area contributed by atoms with Crippen LogP contribution in [0.25, 0.3) is 0 Å². The van der Waals surface area contributed by atoms with Crippen LogP contribution in [-0.2, 0) is 0 Å². The van der Waals surface area contributed by atoms with Crippen molar-refractivity contribution in [2.75, 3.05) is 6.54 Å². The molecule has 0 heterocycles. The maximum atomic E-state index is 5.78. The summed E-state index contributed by atoms with van der Waals surface area (Å²) in [5.41, 5.74) is 6.71. The molecule has 0 aromatic heterocycles. The summed E-state index contributed by atoms with van der Waals surface area (Å²) in [6, 6.07) is 0. The Morgan fingerprint density at radius 3 is 2.09 bits per heavy atom. The smallest absolute Gasteiger partial charge is 0.00204 e. The van der Waals surface area contributed by atoms with E-state index >= 15 is 0 Å². The molecule has 0 radical (unpaired) electrons. The molecule has 2 unspecified atom stereocenters. The van der Waals surface area contributed by atoms with Crippen LogP contribution in [0, 0.1) is 16.7 Å². The van der Waals surface area contributed by atoms with Gasteiger partial charge in [0, 0.05) is 0 Å². The van der Waals surface area contributed by atoms with Crippen molar-refractivity contribution >= 4 is 0 Å². The molecule has 0 aliphatic heterocycles. The van der Waals surface area contributed by atoms with Gasteiger partial charge in [0.25, 0.3) is 0 Å². The van der Waals surface area contributed by atoms with Crippen molar-refractivity contribution in [2.24, 2.45) is 22.5 Å². The van der Waals surface area contributed by atoms with Crippen LogP contribution < -0.4 is 5.73 Å². The van der Waals surface area contributed by atoms with Crippen molar-refractivity contribution in [3.8, 4) is 0 Å². The molecule has 0 bridgehead atoms. The first-order valence-electron chi connectivity index (χ1n) is 4.60. The van der Waals surface area contributed by atoms with E-state index in [1.165, 1.54) is 12.8 Å². The average Bonchev–Trinajstić information content (AvgIpc) is 2.03. The zero-order valence-electron chi connectivity index (χ0n) is 8.28. The van der Waals surface area contributed by atoms with E-state index in [4.69, 9.17) is 5.73 Å². The lowest BCUT2D eigenvalue weighted by molar-refractivity contribution is 0.245. The molecule has 1 aliphatic carbocycles. The van der Waals surface area contributed by atoms with Crippen molar-refractivity contribution < 1.29 is 0 Å². The van der Waals surface area contributed by atoms with Crippen LogP contribution in [0.2, 0.25) is 0 Å². The Labute approximate surface area is 70.4 Å². The quantitative estimate of drug-likeness (QED) is 0.618. The van der Waals surface area contributed by atoms with Gasteiger partial charge in [0.15, 0.2) is 0 Å². The molecule has 1 aliphatic rings. The third-order valence-electron chi connectivity index (χ3n) is 3.40. The molecule has 0 saturated heterocycles. The van der Waals surface area contributed by atoms with E-state index < -0.39 is 0 Å². The van der Waals surface area contributed by atoms with Crippen LogP contribution in [0.3, 0.4) is 0 Å². The van der Waals surface area contributed by atoms with Gasteiger partial charge in [-0.2, -0.15) is 0 Å². The second-order valence-corrected chi connectivity index (χ2v) is 5.30. The Hall–Kier alpha value is -0.0400. The largest absolute Gasteiger partial charge is 0.330 e. The summed E-state index contributed by atoms with van der Waals surface area (Å²) in [7, 11) is 0. The topological polar surface area (TPSA) is 26.0 Å². The van der Waals surface area contributed by atoms with Crippen molar-refractivity contribution in [1.29, 1.82) is 0 Å². The summed E-state index contributed by atoms with van der Waals surface area (Å²) in [6.45, 7) is 10.2. The van der Waals surface area contributed by atoms with Gasteiger partial charge in [-0.25, -0.2) is 0 Å². The highest BCUT2D eigenvalue weighted by Gasteiger charge is 2.44. The van der Waals surface area contributed by atoms with E-state index in [0.717, 1.165) is 12.5 Å². The van der Waals surface area contributed by atoms with E-state index in [9.17, 15) is 0 Å². The Morgan fingerprint density at radius 2 is 1.91 bits per heavy atom. The average molecular weight is 155 g/mol. The molecule has 0 aromatic carbocycles. The van der Waals surface area contributed by atoms with Crippen molar-refractivity contribution in [1.82, 2.24) is 0 Å². The van der Waals surface area contributed by atoms with Crippen LogP contribution in [0.5, 0.6) is 0 Å². The van der Waals surface area contributed by atoms with Gasteiger partial charge in [0.2, 0.25) is 0 Å². The van der Waals surface area contributed by atoms with Crippen LogP contribution in [0.15, 0.2) is 0 Å². The fraction of sp³-hybridized carbons (Fsp3) is 1.00. The third-order valence-corrected chi connectivity index (χ3v) is 3.40. The predicted molar refractivity (Wildman–Crippen MR) is 49.3 cm³/mol. The first-order chi connectivity index (χ1) is 4.90. The lowest BCUT2D eigenvalue weighted by Gasteiger charge is -2.27. The molecule has 1 saturated carbocycles. The zero-order valence-corrected chi connectivity index (χ0v) is 8.28. The Bertz CT molecular complexity index is 151. The van der Waals surface area contributed by atoms with Crippen molar-refractivity contribution in [3.63, 3.8) is 0 Å². The molecule has 1 fully saturated rings. The summed E-state index contributed by atoms with van der Waals surface area (Å²) in [5.74, 6) is 0.794. The van der Waals surface area contributed by atoms with Gasteiger partial charge in [-0.15, -0.1) is 0 Å². The van der Waals surface area contributed by atoms with Crippen LogP contribution in [-0.4, -0.2) is 6.54 Å². The zero-order chi connectivity index (χ0) is 8.70. The first kappa shape index (κ1) is 9.05. The summed E-state index contributed by atoms with van der Waals surface area (Å²) < 4.78 is 0. The monoisotopic (exact) mass is 155 g/mol. The third kappa shape index (κ3) is 1.58. The van der Waals surface area contributed by atoms with Crippen LogP contribution >= 0.6 is 0 Å². The van der Waals surface area contributed by atoms with Gasteiger partial charge in [-0.1, -0.05) is 27.7 Å². The number of nitrogens with two attached hydrogens (primary N) is 1. The molecular formula is C10H21N. The SMILES string of the molecule is CC1CC(C)(C)CC1(C)CN.